The van der Waals surface area contributed by atoms with Crippen LogP contribution >= 0.6 is 0 Å². The predicted molar refractivity (Wildman–Crippen MR) is 63.5 cm³/mol. The quantitative estimate of drug-likeness (QED) is 0.669. The van der Waals surface area contributed by atoms with Crippen molar-refractivity contribution in [2.24, 2.45) is 11.8 Å². The standard InChI is InChI=1S/C13H27N/c1-10(2)12-8-6-7-9-13(12)14(5)11(3)4/h10-13H,6-9H2,1-5H3/t12-,13+/m1/s1. The Morgan fingerprint density at radius 2 is 1.57 bits per heavy atom. The summed E-state index contributed by atoms with van der Waals surface area (Å²) in [4.78, 5) is 2.59. The Labute approximate surface area is 89.9 Å². The summed E-state index contributed by atoms with van der Waals surface area (Å²) in [5.41, 5.74) is 0. The summed E-state index contributed by atoms with van der Waals surface area (Å²) in [6.45, 7) is 9.40. The molecule has 0 spiro atoms. The molecule has 0 aromatic rings. The summed E-state index contributed by atoms with van der Waals surface area (Å²) >= 11 is 0. The van der Waals surface area contributed by atoms with E-state index in [1.165, 1.54) is 25.7 Å². The molecule has 1 rings (SSSR count). The van der Waals surface area contributed by atoms with Gasteiger partial charge in [0.15, 0.2) is 0 Å². The molecule has 1 aliphatic rings. The first-order valence-electron chi connectivity index (χ1n) is 6.26. The number of hydrogen-bond acceptors (Lipinski definition) is 1. The van der Waals surface area contributed by atoms with Crippen LogP contribution in [0.15, 0.2) is 0 Å². The van der Waals surface area contributed by atoms with E-state index in [1.807, 2.05) is 0 Å². The van der Waals surface area contributed by atoms with E-state index < -0.39 is 0 Å². The molecule has 14 heavy (non-hydrogen) atoms. The van der Waals surface area contributed by atoms with Gasteiger partial charge in [-0.3, -0.25) is 0 Å². The second-order valence-electron chi connectivity index (χ2n) is 5.52. The van der Waals surface area contributed by atoms with Crippen molar-refractivity contribution < 1.29 is 0 Å². The van der Waals surface area contributed by atoms with Crippen molar-refractivity contribution in [3.05, 3.63) is 0 Å². The van der Waals surface area contributed by atoms with Gasteiger partial charge < -0.3 is 4.90 Å². The zero-order valence-corrected chi connectivity index (χ0v) is 10.6. The molecule has 0 N–H and O–H groups in total. The maximum atomic E-state index is 2.59. The molecule has 0 amide bonds. The van der Waals surface area contributed by atoms with E-state index in [2.05, 4.69) is 39.6 Å². The number of rotatable bonds is 3. The molecule has 1 saturated carbocycles. The molecule has 0 bridgehead atoms. The molecule has 0 heterocycles. The lowest BCUT2D eigenvalue weighted by molar-refractivity contribution is 0.0777. The molecule has 0 aromatic carbocycles. The highest BCUT2D eigenvalue weighted by Gasteiger charge is 2.30. The molecule has 84 valence electrons. The molecule has 0 aliphatic heterocycles. The van der Waals surface area contributed by atoms with Gasteiger partial charge in [0.05, 0.1) is 0 Å². The fraction of sp³-hybridized carbons (Fsp3) is 1.00. The van der Waals surface area contributed by atoms with E-state index in [1.54, 1.807) is 0 Å². The highest BCUT2D eigenvalue weighted by atomic mass is 15.2. The highest BCUT2D eigenvalue weighted by Crippen LogP contribution is 2.33. The minimum atomic E-state index is 0.694. The molecule has 0 unspecified atom stereocenters. The van der Waals surface area contributed by atoms with Crippen molar-refractivity contribution in [2.45, 2.75) is 65.5 Å². The monoisotopic (exact) mass is 197 g/mol. The summed E-state index contributed by atoms with van der Waals surface area (Å²) in [5, 5.41) is 0. The Morgan fingerprint density at radius 1 is 1.00 bits per heavy atom. The summed E-state index contributed by atoms with van der Waals surface area (Å²) in [6, 6.07) is 1.53. The smallest absolute Gasteiger partial charge is 0.0126 e. The van der Waals surface area contributed by atoms with Crippen LogP contribution in [0.25, 0.3) is 0 Å². The summed E-state index contributed by atoms with van der Waals surface area (Å²) < 4.78 is 0. The molecule has 2 atom stereocenters. The zero-order valence-electron chi connectivity index (χ0n) is 10.6. The van der Waals surface area contributed by atoms with Gasteiger partial charge in [0.1, 0.15) is 0 Å². The van der Waals surface area contributed by atoms with Crippen LogP contribution in [0, 0.1) is 11.8 Å². The van der Waals surface area contributed by atoms with Crippen molar-refractivity contribution in [1.29, 1.82) is 0 Å². The molecular formula is C13H27N. The fourth-order valence-corrected chi connectivity index (χ4v) is 2.81. The molecule has 1 nitrogen and oxygen atoms in total. The Kier molecular flexibility index (Phi) is 4.43. The average molecular weight is 197 g/mol. The predicted octanol–water partition coefficient (Wildman–Crippen LogP) is 3.54. The Hall–Kier alpha value is -0.0400. The van der Waals surface area contributed by atoms with Crippen LogP contribution in [-0.2, 0) is 0 Å². The van der Waals surface area contributed by atoms with Crippen LogP contribution in [0.2, 0.25) is 0 Å². The molecule has 0 radical (unpaired) electrons. The largest absolute Gasteiger partial charge is 0.301 e. The lowest BCUT2D eigenvalue weighted by Crippen LogP contribution is -2.45. The molecule has 0 aromatic heterocycles. The third kappa shape index (κ3) is 2.73. The van der Waals surface area contributed by atoms with Gasteiger partial charge in [-0.1, -0.05) is 26.7 Å². The van der Waals surface area contributed by atoms with E-state index in [0.717, 1.165) is 17.9 Å². The van der Waals surface area contributed by atoms with E-state index in [4.69, 9.17) is 0 Å². The van der Waals surface area contributed by atoms with Gasteiger partial charge in [-0.2, -0.15) is 0 Å². The molecule has 1 aliphatic carbocycles. The van der Waals surface area contributed by atoms with Crippen molar-refractivity contribution in [1.82, 2.24) is 4.90 Å². The van der Waals surface area contributed by atoms with Gasteiger partial charge >= 0.3 is 0 Å². The molecule has 1 fully saturated rings. The van der Waals surface area contributed by atoms with Crippen molar-refractivity contribution in [2.75, 3.05) is 7.05 Å². The average Bonchev–Trinajstić information content (AvgIpc) is 2.16. The fourth-order valence-electron chi connectivity index (χ4n) is 2.81. The van der Waals surface area contributed by atoms with Crippen LogP contribution in [0.5, 0.6) is 0 Å². The minimum absolute atomic E-state index is 0.694. The first-order chi connectivity index (χ1) is 6.54. The van der Waals surface area contributed by atoms with Gasteiger partial charge in [0.25, 0.3) is 0 Å². The van der Waals surface area contributed by atoms with Crippen LogP contribution < -0.4 is 0 Å². The highest BCUT2D eigenvalue weighted by molar-refractivity contribution is 4.84. The maximum Gasteiger partial charge on any atom is 0.0126 e. The summed E-state index contributed by atoms with van der Waals surface area (Å²) in [5.74, 6) is 1.78. The molecule has 0 saturated heterocycles. The lowest BCUT2D eigenvalue weighted by Gasteiger charge is -2.42. The summed E-state index contributed by atoms with van der Waals surface area (Å²) in [7, 11) is 2.30. The van der Waals surface area contributed by atoms with Gasteiger partial charge in [0.2, 0.25) is 0 Å². The Morgan fingerprint density at radius 3 is 2.07 bits per heavy atom. The topological polar surface area (TPSA) is 3.24 Å². The number of hydrogen-bond donors (Lipinski definition) is 0. The van der Waals surface area contributed by atoms with E-state index in [9.17, 15) is 0 Å². The van der Waals surface area contributed by atoms with Gasteiger partial charge in [0, 0.05) is 12.1 Å². The van der Waals surface area contributed by atoms with E-state index >= 15 is 0 Å². The Bertz CT molecular complexity index is 163. The lowest BCUT2D eigenvalue weighted by atomic mass is 9.77. The van der Waals surface area contributed by atoms with Gasteiger partial charge in [-0.25, -0.2) is 0 Å². The first kappa shape index (κ1) is 12.0. The van der Waals surface area contributed by atoms with Crippen LogP contribution in [-0.4, -0.2) is 24.0 Å². The SMILES string of the molecule is CC(C)[C@H]1CCCC[C@@H]1N(C)C(C)C. The van der Waals surface area contributed by atoms with Crippen LogP contribution in [0.3, 0.4) is 0 Å². The third-order valence-electron chi connectivity index (χ3n) is 3.98. The van der Waals surface area contributed by atoms with Crippen LogP contribution in [0.1, 0.15) is 53.4 Å². The molecule has 1 heteroatoms. The first-order valence-corrected chi connectivity index (χ1v) is 6.26. The maximum absolute atomic E-state index is 2.59. The van der Waals surface area contributed by atoms with Crippen LogP contribution in [0.4, 0.5) is 0 Å². The normalized spacial score (nSPS) is 29.1. The zero-order chi connectivity index (χ0) is 10.7. The molecular weight excluding hydrogens is 170 g/mol. The summed E-state index contributed by atoms with van der Waals surface area (Å²) in [6.07, 6.45) is 5.74. The third-order valence-corrected chi connectivity index (χ3v) is 3.98. The second kappa shape index (κ2) is 5.16. The van der Waals surface area contributed by atoms with E-state index in [-0.39, 0.29) is 0 Å². The minimum Gasteiger partial charge on any atom is -0.301 e. The number of nitrogens with zero attached hydrogens (tertiary/aromatic N) is 1. The van der Waals surface area contributed by atoms with Crippen molar-refractivity contribution >= 4 is 0 Å². The van der Waals surface area contributed by atoms with E-state index in [0.29, 0.717) is 6.04 Å². The van der Waals surface area contributed by atoms with Crippen molar-refractivity contribution in [3.63, 3.8) is 0 Å². The van der Waals surface area contributed by atoms with Crippen molar-refractivity contribution in [3.8, 4) is 0 Å². The van der Waals surface area contributed by atoms with Gasteiger partial charge in [-0.15, -0.1) is 0 Å². The Balaban J connectivity index is 2.62. The van der Waals surface area contributed by atoms with Gasteiger partial charge in [-0.05, 0) is 45.6 Å². The second-order valence-corrected chi connectivity index (χ2v) is 5.52.